The first-order chi connectivity index (χ1) is 8.74. The van der Waals surface area contributed by atoms with Gasteiger partial charge in [0, 0.05) is 5.92 Å². The Balaban J connectivity index is 2.70. The Morgan fingerprint density at radius 3 is 2.79 bits per heavy atom. The molecule has 0 aromatic carbocycles. The summed E-state index contributed by atoms with van der Waals surface area (Å²) in [7, 11) is 0. The molecule has 1 aliphatic carbocycles. The van der Waals surface area contributed by atoms with Crippen LogP contribution in [0.3, 0.4) is 0 Å². The first kappa shape index (κ1) is 16.0. The second-order valence-corrected chi connectivity index (χ2v) is 6.47. The molecule has 0 saturated heterocycles. The molecule has 2 nitrogen and oxygen atoms in total. The van der Waals surface area contributed by atoms with Crippen LogP contribution in [0.1, 0.15) is 40.5 Å². The van der Waals surface area contributed by atoms with Crippen molar-refractivity contribution in [2.75, 3.05) is 0 Å². The average Bonchev–Trinajstić information content (AvgIpc) is 2.27. The van der Waals surface area contributed by atoms with Crippen LogP contribution in [0.15, 0.2) is 36.1 Å². The van der Waals surface area contributed by atoms with E-state index in [4.69, 9.17) is 16.3 Å². The topological polar surface area (TPSA) is 26.3 Å². The van der Waals surface area contributed by atoms with Crippen molar-refractivity contribution < 1.29 is 9.53 Å². The minimum atomic E-state index is -0.655. The summed E-state index contributed by atoms with van der Waals surface area (Å²) < 4.78 is 5.03. The number of allylic oxidation sites excluding steroid dienone is 4. The zero-order valence-corrected chi connectivity index (χ0v) is 13.0. The second-order valence-electron chi connectivity index (χ2n) is 5.82. The van der Waals surface area contributed by atoms with E-state index in [1.165, 1.54) is 5.57 Å². The third-order valence-electron chi connectivity index (χ3n) is 3.62. The molecule has 0 aromatic rings. The highest BCUT2D eigenvalue weighted by Crippen LogP contribution is 2.41. The van der Waals surface area contributed by atoms with Crippen molar-refractivity contribution in [1.82, 2.24) is 0 Å². The van der Waals surface area contributed by atoms with Crippen molar-refractivity contribution in [2.24, 2.45) is 11.3 Å². The number of halogens is 1. The molecule has 0 radical (unpaired) electrons. The van der Waals surface area contributed by atoms with Crippen molar-refractivity contribution >= 4 is 17.6 Å². The van der Waals surface area contributed by atoms with Crippen LogP contribution in [0, 0.1) is 11.3 Å². The van der Waals surface area contributed by atoms with E-state index in [9.17, 15) is 4.79 Å². The molecule has 0 spiro atoms. The highest BCUT2D eigenvalue weighted by Gasteiger charge is 2.30. The van der Waals surface area contributed by atoms with Crippen molar-refractivity contribution in [3.05, 3.63) is 36.1 Å². The van der Waals surface area contributed by atoms with Gasteiger partial charge in [0.05, 0.1) is 0 Å². The fourth-order valence-electron chi connectivity index (χ4n) is 2.43. The first-order valence-corrected chi connectivity index (χ1v) is 7.07. The van der Waals surface area contributed by atoms with Crippen LogP contribution in [0.2, 0.25) is 0 Å². The van der Waals surface area contributed by atoms with E-state index in [-0.39, 0.29) is 5.41 Å². The molecule has 0 N–H and O–H groups in total. The number of carbonyl (C=O) groups excluding carboxylic acids is 1. The molecular formula is C16H23ClO2. The van der Waals surface area contributed by atoms with Gasteiger partial charge in [-0.1, -0.05) is 38.2 Å². The van der Waals surface area contributed by atoms with Gasteiger partial charge in [0.1, 0.15) is 11.1 Å². The average molecular weight is 283 g/mol. The summed E-state index contributed by atoms with van der Waals surface area (Å²) >= 11 is 5.64. The fourth-order valence-corrected chi connectivity index (χ4v) is 2.48. The number of esters is 1. The van der Waals surface area contributed by atoms with Crippen LogP contribution >= 0.6 is 11.6 Å². The number of ether oxygens (including phenoxy) is 1. The molecule has 0 amide bonds. The van der Waals surface area contributed by atoms with Gasteiger partial charge in [0.25, 0.3) is 0 Å². The van der Waals surface area contributed by atoms with Gasteiger partial charge < -0.3 is 4.74 Å². The minimum absolute atomic E-state index is 0.222. The van der Waals surface area contributed by atoms with Crippen molar-refractivity contribution in [3.8, 4) is 0 Å². The fraction of sp³-hybridized carbons (Fsp3) is 0.562. The van der Waals surface area contributed by atoms with Crippen LogP contribution in [0.4, 0.5) is 0 Å². The molecule has 3 heteroatoms. The van der Waals surface area contributed by atoms with Gasteiger partial charge in [-0.2, -0.15) is 0 Å². The van der Waals surface area contributed by atoms with Crippen LogP contribution < -0.4 is 0 Å². The largest absolute Gasteiger partial charge is 0.426 e. The van der Waals surface area contributed by atoms with Crippen molar-refractivity contribution in [2.45, 2.75) is 45.9 Å². The summed E-state index contributed by atoms with van der Waals surface area (Å²) in [6, 6.07) is 0. The molecule has 2 atom stereocenters. The van der Waals surface area contributed by atoms with Gasteiger partial charge in [-0.05, 0) is 38.2 Å². The summed E-state index contributed by atoms with van der Waals surface area (Å²) in [6.07, 6.45) is 8.40. The predicted molar refractivity (Wildman–Crippen MR) is 79.9 cm³/mol. The summed E-state index contributed by atoms with van der Waals surface area (Å²) in [5, 5.41) is -0.655. The zero-order chi connectivity index (χ0) is 14.6. The molecule has 0 bridgehead atoms. The molecule has 0 heterocycles. The number of alkyl halides is 1. The van der Waals surface area contributed by atoms with E-state index in [0.717, 1.165) is 12.8 Å². The lowest BCUT2D eigenvalue weighted by atomic mass is 9.68. The monoisotopic (exact) mass is 282 g/mol. The molecule has 0 fully saturated rings. The lowest BCUT2D eigenvalue weighted by Gasteiger charge is -2.36. The molecule has 2 unspecified atom stereocenters. The number of rotatable bonds is 4. The third-order valence-corrected chi connectivity index (χ3v) is 3.80. The Hall–Kier alpha value is -1.02. The third kappa shape index (κ3) is 4.54. The number of carbonyl (C=O) groups is 1. The maximum Gasteiger partial charge on any atom is 0.329 e. The van der Waals surface area contributed by atoms with Gasteiger partial charge in [-0.3, -0.25) is 4.79 Å². The molecule has 1 rings (SSSR count). The van der Waals surface area contributed by atoms with Gasteiger partial charge in [-0.25, -0.2) is 0 Å². The molecule has 0 aromatic heterocycles. The second kappa shape index (κ2) is 6.42. The van der Waals surface area contributed by atoms with E-state index in [1.54, 1.807) is 13.0 Å². The lowest BCUT2D eigenvalue weighted by molar-refractivity contribution is -0.138. The van der Waals surface area contributed by atoms with E-state index in [2.05, 4.69) is 39.5 Å². The Kier molecular flexibility index (Phi) is 5.42. The minimum Gasteiger partial charge on any atom is -0.426 e. The Morgan fingerprint density at radius 1 is 1.63 bits per heavy atom. The van der Waals surface area contributed by atoms with Crippen LogP contribution in [0.25, 0.3) is 0 Å². The van der Waals surface area contributed by atoms with Gasteiger partial charge in [-0.15, -0.1) is 11.6 Å². The quantitative estimate of drug-likeness (QED) is 0.247. The summed E-state index contributed by atoms with van der Waals surface area (Å²) in [5.74, 6) is 0.225. The highest BCUT2D eigenvalue weighted by molar-refractivity contribution is 6.29. The highest BCUT2D eigenvalue weighted by atomic mass is 35.5. The molecule has 0 aliphatic heterocycles. The first-order valence-electron chi connectivity index (χ1n) is 6.63. The molecule has 19 heavy (non-hydrogen) atoms. The summed E-state index contributed by atoms with van der Waals surface area (Å²) in [5.41, 5.74) is 1.58. The molecular weight excluding hydrogens is 260 g/mol. The normalized spacial score (nSPS) is 23.8. The molecule has 1 aliphatic rings. The Labute approximate surface area is 121 Å². The lowest BCUT2D eigenvalue weighted by Crippen LogP contribution is -2.26. The van der Waals surface area contributed by atoms with Gasteiger partial charge in [0.2, 0.25) is 0 Å². The van der Waals surface area contributed by atoms with Crippen LogP contribution in [0.5, 0.6) is 0 Å². The van der Waals surface area contributed by atoms with Crippen LogP contribution in [-0.2, 0) is 9.53 Å². The van der Waals surface area contributed by atoms with Gasteiger partial charge >= 0.3 is 5.97 Å². The number of hydrogen-bond donors (Lipinski definition) is 0. The summed E-state index contributed by atoms with van der Waals surface area (Å²) in [4.78, 5) is 11.3. The SMILES string of the molecule is C=C(C=CC1C(C)=CCCC1(C)C)OC(=O)C(C)Cl. The molecule has 0 saturated carbocycles. The summed E-state index contributed by atoms with van der Waals surface area (Å²) in [6.45, 7) is 12.0. The maximum absolute atomic E-state index is 11.3. The zero-order valence-electron chi connectivity index (χ0n) is 12.2. The van der Waals surface area contributed by atoms with Crippen molar-refractivity contribution in [1.29, 1.82) is 0 Å². The van der Waals surface area contributed by atoms with Crippen LogP contribution in [-0.4, -0.2) is 11.3 Å². The standard InChI is InChI=1S/C16H23ClO2/c1-11-7-6-10-16(4,5)14(11)9-8-12(2)19-15(18)13(3)17/h7-9,13-14H,2,6,10H2,1,3-5H3. The predicted octanol–water partition coefficient (Wildman–Crippen LogP) is 4.61. The van der Waals surface area contributed by atoms with Crippen molar-refractivity contribution in [3.63, 3.8) is 0 Å². The Bertz CT molecular complexity index is 416. The van der Waals surface area contributed by atoms with E-state index < -0.39 is 11.3 Å². The van der Waals surface area contributed by atoms with E-state index >= 15 is 0 Å². The molecule has 106 valence electrons. The van der Waals surface area contributed by atoms with E-state index in [0.29, 0.717) is 11.7 Å². The maximum atomic E-state index is 11.3. The van der Waals surface area contributed by atoms with E-state index in [1.807, 2.05) is 0 Å². The van der Waals surface area contributed by atoms with Gasteiger partial charge in [0.15, 0.2) is 0 Å². The Morgan fingerprint density at radius 2 is 2.26 bits per heavy atom. The smallest absolute Gasteiger partial charge is 0.329 e. The number of hydrogen-bond acceptors (Lipinski definition) is 2.